The Morgan fingerprint density at radius 2 is 1.27 bits per heavy atom. The summed E-state index contributed by atoms with van der Waals surface area (Å²) in [5.41, 5.74) is 0. The molecule has 0 atom stereocenters. The highest BCUT2D eigenvalue weighted by Crippen LogP contribution is 1.76. The van der Waals surface area contributed by atoms with Crippen molar-refractivity contribution in [2.45, 2.75) is 53.9 Å². The first-order valence-electron chi connectivity index (χ1n) is 4.40. The molecule has 0 aliphatic carbocycles. The highest BCUT2D eigenvalue weighted by molar-refractivity contribution is 5.66. The molecule has 1 N–H and O–H groups in total. The van der Waals surface area contributed by atoms with Crippen LogP contribution in [0.3, 0.4) is 0 Å². The van der Waals surface area contributed by atoms with Gasteiger partial charge in [0.05, 0.1) is 0 Å². The maximum atomic E-state index is 9.37. The number of carboxylic acids is 1. The Morgan fingerprint density at radius 3 is 1.27 bits per heavy atom. The largest absolute Gasteiger partial charge is 0.481 e. The van der Waals surface area contributed by atoms with Gasteiger partial charge in [-0.2, -0.15) is 0 Å². The zero-order valence-electron chi connectivity index (χ0n) is 8.48. The van der Waals surface area contributed by atoms with E-state index in [9.17, 15) is 4.79 Å². The van der Waals surface area contributed by atoms with Crippen LogP contribution in [0, 0.1) is 0 Å². The molecule has 0 saturated carbocycles. The van der Waals surface area contributed by atoms with Crippen LogP contribution in [0.25, 0.3) is 0 Å². The lowest BCUT2D eigenvalue weighted by Gasteiger charge is -1.71. The molecule has 0 aromatic carbocycles. The maximum Gasteiger partial charge on any atom is 0.303 e. The minimum atomic E-state index is -0.745. The van der Waals surface area contributed by atoms with E-state index < -0.39 is 5.97 Å². The molecule has 0 spiro atoms. The standard InChI is InChI=1S/C4H10.C3H6O2.C2H6/c1-3-4-2;1-2-3(4)5;1-2/h3-4H2,1-2H3;2H2,1H3,(H,4,5);1-2H3. The smallest absolute Gasteiger partial charge is 0.303 e. The van der Waals surface area contributed by atoms with E-state index in [1.54, 1.807) is 6.92 Å². The zero-order valence-corrected chi connectivity index (χ0v) is 8.48. The van der Waals surface area contributed by atoms with E-state index in [1.165, 1.54) is 12.8 Å². The van der Waals surface area contributed by atoms with Gasteiger partial charge in [0.1, 0.15) is 0 Å². The Bertz CT molecular complexity index is 58.6. The number of carbonyl (C=O) groups is 1. The zero-order chi connectivity index (χ0) is 9.70. The third kappa shape index (κ3) is 86.6. The summed E-state index contributed by atoms with van der Waals surface area (Å²) >= 11 is 0. The monoisotopic (exact) mass is 162 g/mol. The Hall–Kier alpha value is -0.530. The Morgan fingerprint density at radius 1 is 1.09 bits per heavy atom. The van der Waals surface area contributed by atoms with Gasteiger partial charge in [0.2, 0.25) is 0 Å². The second kappa shape index (κ2) is 22.7. The van der Waals surface area contributed by atoms with E-state index in [2.05, 4.69) is 13.8 Å². The molecular weight excluding hydrogens is 140 g/mol. The van der Waals surface area contributed by atoms with E-state index in [1.807, 2.05) is 13.8 Å². The summed E-state index contributed by atoms with van der Waals surface area (Å²) in [6, 6.07) is 0. The second-order valence-electron chi connectivity index (χ2n) is 1.75. The first-order valence-corrected chi connectivity index (χ1v) is 4.40. The van der Waals surface area contributed by atoms with E-state index in [0.717, 1.165) is 0 Å². The van der Waals surface area contributed by atoms with Crippen molar-refractivity contribution < 1.29 is 9.90 Å². The molecule has 0 aliphatic rings. The fraction of sp³-hybridized carbons (Fsp3) is 0.889. The minimum Gasteiger partial charge on any atom is -0.481 e. The van der Waals surface area contributed by atoms with Gasteiger partial charge in [-0.25, -0.2) is 0 Å². The van der Waals surface area contributed by atoms with Crippen LogP contribution in [0.15, 0.2) is 0 Å². The average molecular weight is 162 g/mol. The van der Waals surface area contributed by atoms with Crippen LogP contribution in [0.1, 0.15) is 53.9 Å². The molecule has 0 unspecified atom stereocenters. The first-order chi connectivity index (χ1) is 5.18. The van der Waals surface area contributed by atoms with E-state index in [4.69, 9.17) is 5.11 Å². The van der Waals surface area contributed by atoms with Gasteiger partial charge in [-0.05, 0) is 0 Å². The SMILES string of the molecule is CC.CCC(=O)O.CCCC. The van der Waals surface area contributed by atoms with Crippen LogP contribution >= 0.6 is 0 Å². The third-order valence-electron chi connectivity index (χ3n) is 0.802. The predicted molar refractivity (Wildman–Crippen MR) is 49.9 cm³/mol. The highest BCUT2D eigenvalue weighted by Gasteiger charge is 1.80. The third-order valence-corrected chi connectivity index (χ3v) is 0.802. The van der Waals surface area contributed by atoms with Crippen LogP contribution in [-0.4, -0.2) is 11.1 Å². The summed E-state index contributed by atoms with van der Waals surface area (Å²) < 4.78 is 0. The molecular formula is C9H22O2. The van der Waals surface area contributed by atoms with Crippen LogP contribution in [0.5, 0.6) is 0 Å². The fourth-order valence-corrected chi connectivity index (χ4v) is 0. The summed E-state index contributed by atoms with van der Waals surface area (Å²) in [5.74, 6) is -0.745. The van der Waals surface area contributed by atoms with Crippen molar-refractivity contribution in [2.24, 2.45) is 0 Å². The molecule has 0 rings (SSSR count). The van der Waals surface area contributed by atoms with Gasteiger partial charge in [-0.3, -0.25) is 4.79 Å². The van der Waals surface area contributed by atoms with Crippen molar-refractivity contribution in [2.75, 3.05) is 0 Å². The minimum absolute atomic E-state index is 0.222. The summed E-state index contributed by atoms with van der Waals surface area (Å²) in [6.45, 7) is 9.96. The fourth-order valence-electron chi connectivity index (χ4n) is 0. The van der Waals surface area contributed by atoms with Gasteiger partial charge < -0.3 is 5.11 Å². The Balaban J connectivity index is -0.0000000965. The van der Waals surface area contributed by atoms with Gasteiger partial charge in [-0.1, -0.05) is 47.5 Å². The lowest BCUT2D eigenvalue weighted by molar-refractivity contribution is -0.136. The van der Waals surface area contributed by atoms with Crippen molar-refractivity contribution in [1.82, 2.24) is 0 Å². The molecule has 0 saturated heterocycles. The van der Waals surface area contributed by atoms with Crippen molar-refractivity contribution >= 4 is 5.97 Å². The molecule has 11 heavy (non-hydrogen) atoms. The molecule has 2 heteroatoms. The number of hydrogen-bond acceptors (Lipinski definition) is 1. The van der Waals surface area contributed by atoms with E-state index >= 15 is 0 Å². The molecule has 0 aromatic rings. The molecule has 0 amide bonds. The maximum absolute atomic E-state index is 9.37. The average Bonchev–Trinajstić information content (AvgIpc) is 2.08. The van der Waals surface area contributed by atoms with Gasteiger partial charge in [0, 0.05) is 6.42 Å². The lowest BCUT2D eigenvalue weighted by atomic mass is 10.4. The van der Waals surface area contributed by atoms with Gasteiger partial charge in [-0.15, -0.1) is 0 Å². The van der Waals surface area contributed by atoms with Crippen LogP contribution in [0.2, 0.25) is 0 Å². The van der Waals surface area contributed by atoms with Gasteiger partial charge in [0.25, 0.3) is 0 Å². The van der Waals surface area contributed by atoms with Crippen molar-refractivity contribution in [3.05, 3.63) is 0 Å². The van der Waals surface area contributed by atoms with Crippen molar-refractivity contribution in [3.8, 4) is 0 Å². The summed E-state index contributed by atoms with van der Waals surface area (Å²) in [6.07, 6.45) is 2.86. The van der Waals surface area contributed by atoms with Crippen molar-refractivity contribution in [3.63, 3.8) is 0 Å². The molecule has 70 valence electrons. The quantitative estimate of drug-likeness (QED) is 0.676. The Labute approximate surface area is 70.6 Å². The second-order valence-corrected chi connectivity index (χ2v) is 1.75. The van der Waals surface area contributed by atoms with E-state index in [-0.39, 0.29) is 6.42 Å². The summed E-state index contributed by atoms with van der Waals surface area (Å²) in [5, 5.41) is 7.72. The molecule has 0 bridgehead atoms. The topological polar surface area (TPSA) is 37.3 Å². The van der Waals surface area contributed by atoms with Crippen molar-refractivity contribution in [1.29, 1.82) is 0 Å². The number of hydrogen-bond donors (Lipinski definition) is 1. The predicted octanol–water partition coefficient (Wildman–Crippen LogP) is 3.31. The van der Waals surface area contributed by atoms with Crippen LogP contribution in [-0.2, 0) is 4.79 Å². The molecule has 0 fully saturated rings. The normalized spacial score (nSPS) is 6.64. The van der Waals surface area contributed by atoms with Gasteiger partial charge >= 0.3 is 5.97 Å². The van der Waals surface area contributed by atoms with Crippen LogP contribution < -0.4 is 0 Å². The summed E-state index contributed by atoms with van der Waals surface area (Å²) in [4.78, 5) is 9.37. The number of rotatable bonds is 2. The highest BCUT2D eigenvalue weighted by atomic mass is 16.4. The Kier molecular flexibility index (Phi) is 34.7. The molecule has 0 aliphatic heterocycles. The van der Waals surface area contributed by atoms with E-state index in [0.29, 0.717) is 0 Å². The first kappa shape index (κ1) is 16.8. The van der Waals surface area contributed by atoms with Gasteiger partial charge in [0.15, 0.2) is 0 Å². The number of unbranched alkanes of at least 4 members (excludes halogenated alkanes) is 1. The van der Waals surface area contributed by atoms with Crippen LogP contribution in [0.4, 0.5) is 0 Å². The molecule has 2 nitrogen and oxygen atoms in total. The summed E-state index contributed by atoms with van der Waals surface area (Å²) in [7, 11) is 0. The molecule has 0 aromatic heterocycles. The number of aliphatic carboxylic acids is 1. The molecule has 0 radical (unpaired) electrons. The number of carboxylic acid groups (broad SMARTS) is 1. The lowest BCUT2D eigenvalue weighted by Crippen LogP contribution is -1.86. The molecule has 0 heterocycles.